The van der Waals surface area contributed by atoms with Gasteiger partial charge in [0.25, 0.3) is 0 Å². The third-order valence-corrected chi connectivity index (χ3v) is 6.86. The minimum Gasteiger partial charge on any atom is -0.449 e. The van der Waals surface area contributed by atoms with Crippen LogP contribution in [-0.2, 0) is 9.53 Å². The number of hydrogen-bond acceptors (Lipinski definition) is 4. The number of amides is 2. The van der Waals surface area contributed by atoms with Crippen LogP contribution in [-0.4, -0.2) is 35.8 Å². The molecule has 6 heteroatoms. The number of carbonyl (C=O) groups excluding carboxylic acids is 2. The SMILES string of the molecule is Cc1ccc([C@H](O)[C@@H](NC(=O)[C@H](C)NC(=O)OCC2c3ccccc3-c3ccccc32)C(C)C)cc1. The van der Waals surface area contributed by atoms with Crippen LogP contribution in [0.2, 0.25) is 0 Å². The van der Waals surface area contributed by atoms with Crippen molar-refractivity contribution in [3.05, 3.63) is 95.1 Å². The molecule has 4 rings (SSSR count). The Balaban J connectivity index is 1.35. The zero-order valence-corrected chi connectivity index (χ0v) is 21.2. The molecule has 188 valence electrons. The van der Waals surface area contributed by atoms with E-state index in [4.69, 9.17) is 4.74 Å². The molecule has 0 radical (unpaired) electrons. The number of aliphatic hydroxyl groups is 1. The molecule has 1 aliphatic carbocycles. The fraction of sp³-hybridized carbons (Fsp3) is 0.333. The lowest BCUT2D eigenvalue weighted by Crippen LogP contribution is -2.51. The van der Waals surface area contributed by atoms with Crippen molar-refractivity contribution in [2.75, 3.05) is 6.61 Å². The number of hydrogen-bond donors (Lipinski definition) is 3. The van der Waals surface area contributed by atoms with Gasteiger partial charge in [-0.25, -0.2) is 4.79 Å². The van der Waals surface area contributed by atoms with E-state index in [0.29, 0.717) is 0 Å². The minimum absolute atomic E-state index is 0.0214. The van der Waals surface area contributed by atoms with Crippen LogP contribution < -0.4 is 10.6 Å². The number of alkyl carbamates (subject to hydrolysis) is 1. The molecule has 0 saturated carbocycles. The lowest BCUT2D eigenvalue weighted by atomic mass is 9.92. The van der Waals surface area contributed by atoms with E-state index in [2.05, 4.69) is 34.9 Å². The second-order valence-corrected chi connectivity index (χ2v) is 9.83. The Bertz CT molecular complexity index is 1180. The van der Waals surface area contributed by atoms with Gasteiger partial charge >= 0.3 is 6.09 Å². The van der Waals surface area contributed by atoms with Crippen LogP contribution in [0.1, 0.15) is 55.0 Å². The standard InChI is InChI=1S/C30H34N2O4/c1-18(2)27(28(33)21-15-13-19(3)14-16-21)32-29(34)20(4)31-30(35)36-17-26-24-11-7-5-9-22(24)23-10-6-8-12-25(23)26/h5-16,18,20,26-28,33H,17H2,1-4H3,(H,31,35)(H,32,34)/t20-,27-,28-/m0/s1. The summed E-state index contributed by atoms with van der Waals surface area (Å²) in [5, 5.41) is 16.4. The van der Waals surface area contributed by atoms with Crippen LogP contribution in [0.25, 0.3) is 11.1 Å². The Labute approximate surface area is 212 Å². The van der Waals surface area contributed by atoms with Gasteiger partial charge in [-0.05, 0) is 47.6 Å². The summed E-state index contributed by atoms with van der Waals surface area (Å²) in [6, 6.07) is 22.5. The summed E-state index contributed by atoms with van der Waals surface area (Å²) in [6.07, 6.45) is -1.52. The van der Waals surface area contributed by atoms with Gasteiger partial charge in [0.15, 0.2) is 0 Å². The van der Waals surface area contributed by atoms with Crippen molar-refractivity contribution >= 4 is 12.0 Å². The summed E-state index contributed by atoms with van der Waals surface area (Å²) in [6.45, 7) is 7.63. The molecular weight excluding hydrogens is 452 g/mol. The van der Waals surface area contributed by atoms with Crippen LogP contribution in [0.3, 0.4) is 0 Å². The van der Waals surface area contributed by atoms with Crippen molar-refractivity contribution in [1.29, 1.82) is 0 Å². The first-order valence-corrected chi connectivity index (χ1v) is 12.4. The highest BCUT2D eigenvalue weighted by Gasteiger charge is 2.30. The number of fused-ring (bicyclic) bond motifs is 3. The molecule has 0 unspecified atom stereocenters. The Hall–Kier alpha value is -3.64. The molecule has 0 aromatic heterocycles. The Kier molecular flexibility index (Phi) is 7.75. The zero-order valence-electron chi connectivity index (χ0n) is 21.2. The Morgan fingerprint density at radius 1 is 0.861 bits per heavy atom. The van der Waals surface area contributed by atoms with Gasteiger partial charge in [0, 0.05) is 5.92 Å². The number of rotatable bonds is 8. The molecule has 0 spiro atoms. The second kappa shape index (κ2) is 11.0. The van der Waals surface area contributed by atoms with E-state index in [9.17, 15) is 14.7 Å². The third-order valence-electron chi connectivity index (χ3n) is 6.86. The van der Waals surface area contributed by atoms with Crippen molar-refractivity contribution in [3.8, 4) is 11.1 Å². The van der Waals surface area contributed by atoms with Crippen molar-refractivity contribution in [2.45, 2.75) is 51.8 Å². The van der Waals surface area contributed by atoms with Crippen LogP contribution >= 0.6 is 0 Å². The molecule has 0 aliphatic heterocycles. The number of nitrogens with one attached hydrogen (secondary N) is 2. The van der Waals surface area contributed by atoms with Gasteiger partial charge in [0.1, 0.15) is 12.6 Å². The quantitative estimate of drug-likeness (QED) is 0.414. The molecule has 2 amide bonds. The fourth-order valence-electron chi connectivity index (χ4n) is 4.75. The smallest absolute Gasteiger partial charge is 0.407 e. The van der Waals surface area contributed by atoms with Crippen LogP contribution in [0.4, 0.5) is 4.79 Å². The van der Waals surface area contributed by atoms with Gasteiger partial charge in [0.2, 0.25) is 5.91 Å². The molecule has 1 aliphatic rings. The highest BCUT2D eigenvalue weighted by atomic mass is 16.5. The maximum Gasteiger partial charge on any atom is 0.407 e. The maximum atomic E-state index is 12.9. The number of aryl methyl sites for hydroxylation is 1. The molecule has 3 atom stereocenters. The molecule has 0 fully saturated rings. The molecule has 6 nitrogen and oxygen atoms in total. The summed E-state index contributed by atoms with van der Waals surface area (Å²) in [5.74, 6) is -0.456. The molecule has 0 bridgehead atoms. The van der Waals surface area contributed by atoms with E-state index in [1.54, 1.807) is 6.92 Å². The maximum absolute atomic E-state index is 12.9. The van der Waals surface area contributed by atoms with Crippen LogP contribution in [0, 0.1) is 12.8 Å². The summed E-state index contributed by atoms with van der Waals surface area (Å²) in [4.78, 5) is 25.5. The van der Waals surface area contributed by atoms with Crippen LogP contribution in [0.5, 0.6) is 0 Å². The van der Waals surface area contributed by atoms with Gasteiger partial charge in [-0.1, -0.05) is 92.2 Å². The number of benzene rings is 3. The Morgan fingerprint density at radius 3 is 1.97 bits per heavy atom. The molecule has 0 saturated heterocycles. The van der Waals surface area contributed by atoms with Gasteiger partial charge in [-0.15, -0.1) is 0 Å². The summed E-state index contributed by atoms with van der Waals surface area (Å²) < 4.78 is 5.56. The Morgan fingerprint density at radius 2 is 1.42 bits per heavy atom. The topological polar surface area (TPSA) is 87.7 Å². The monoisotopic (exact) mass is 486 g/mol. The highest BCUT2D eigenvalue weighted by Crippen LogP contribution is 2.44. The lowest BCUT2D eigenvalue weighted by Gasteiger charge is -2.29. The van der Waals surface area contributed by atoms with Crippen molar-refractivity contribution < 1.29 is 19.4 Å². The first-order valence-electron chi connectivity index (χ1n) is 12.4. The van der Waals surface area contributed by atoms with E-state index in [-0.39, 0.29) is 24.3 Å². The van der Waals surface area contributed by atoms with E-state index in [0.717, 1.165) is 33.4 Å². The molecule has 0 heterocycles. The van der Waals surface area contributed by atoms with Gasteiger partial charge < -0.3 is 20.5 Å². The van der Waals surface area contributed by atoms with Gasteiger partial charge in [-0.3, -0.25) is 4.79 Å². The first kappa shape index (κ1) is 25.5. The van der Waals surface area contributed by atoms with Gasteiger partial charge in [-0.2, -0.15) is 0 Å². The first-order chi connectivity index (χ1) is 17.3. The molecule has 36 heavy (non-hydrogen) atoms. The van der Waals surface area contributed by atoms with Crippen molar-refractivity contribution in [3.63, 3.8) is 0 Å². The summed E-state index contributed by atoms with van der Waals surface area (Å²) >= 11 is 0. The average Bonchev–Trinajstić information content (AvgIpc) is 3.19. The highest BCUT2D eigenvalue weighted by molar-refractivity contribution is 5.85. The fourth-order valence-corrected chi connectivity index (χ4v) is 4.75. The normalized spacial score (nSPS) is 14.9. The van der Waals surface area contributed by atoms with Crippen molar-refractivity contribution in [1.82, 2.24) is 10.6 Å². The molecule has 3 aromatic rings. The predicted molar refractivity (Wildman–Crippen MR) is 141 cm³/mol. The third kappa shape index (κ3) is 5.44. The van der Waals surface area contributed by atoms with E-state index < -0.39 is 24.3 Å². The van der Waals surface area contributed by atoms with E-state index >= 15 is 0 Å². The number of ether oxygens (including phenoxy) is 1. The molecule has 3 N–H and O–H groups in total. The van der Waals surface area contributed by atoms with Gasteiger partial charge in [0.05, 0.1) is 12.1 Å². The minimum atomic E-state index is -0.865. The zero-order chi connectivity index (χ0) is 25.8. The summed E-state index contributed by atoms with van der Waals surface area (Å²) in [7, 11) is 0. The number of carbonyl (C=O) groups is 2. The number of aliphatic hydroxyl groups excluding tert-OH is 1. The molecule has 3 aromatic carbocycles. The molecular formula is C30H34N2O4. The lowest BCUT2D eigenvalue weighted by molar-refractivity contribution is -0.124. The summed E-state index contributed by atoms with van der Waals surface area (Å²) in [5.41, 5.74) is 6.39. The average molecular weight is 487 g/mol. The second-order valence-electron chi connectivity index (χ2n) is 9.83. The van der Waals surface area contributed by atoms with E-state index in [1.807, 2.05) is 69.3 Å². The van der Waals surface area contributed by atoms with Crippen molar-refractivity contribution in [2.24, 2.45) is 5.92 Å². The largest absolute Gasteiger partial charge is 0.449 e. The predicted octanol–water partition coefficient (Wildman–Crippen LogP) is 5.10. The van der Waals surface area contributed by atoms with E-state index in [1.165, 1.54) is 0 Å². The van der Waals surface area contributed by atoms with Crippen LogP contribution in [0.15, 0.2) is 72.8 Å².